The molecule has 0 saturated heterocycles. The van der Waals surface area contributed by atoms with Gasteiger partial charge in [-0.05, 0) is 42.9 Å². The van der Waals surface area contributed by atoms with Crippen molar-refractivity contribution in [2.24, 2.45) is 5.92 Å². The van der Waals surface area contributed by atoms with Crippen molar-refractivity contribution < 1.29 is 4.39 Å². The molecule has 3 aromatic rings. The van der Waals surface area contributed by atoms with E-state index in [4.69, 9.17) is 11.6 Å². The van der Waals surface area contributed by atoms with Crippen LogP contribution in [-0.2, 0) is 19.4 Å². The third-order valence-electron chi connectivity index (χ3n) is 4.55. The predicted octanol–water partition coefficient (Wildman–Crippen LogP) is 3.82. The molecule has 1 atom stereocenters. The van der Waals surface area contributed by atoms with Crippen LogP contribution in [0, 0.1) is 11.7 Å². The van der Waals surface area contributed by atoms with Crippen LogP contribution >= 0.6 is 22.9 Å². The zero-order valence-electron chi connectivity index (χ0n) is 13.1. The van der Waals surface area contributed by atoms with Gasteiger partial charge in [-0.3, -0.25) is 4.79 Å². The normalized spacial score (nSPS) is 17.2. The van der Waals surface area contributed by atoms with Gasteiger partial charge in [0.05, 0.1) is 11.9 Å². The van der Waals surface area contributed by atoms with Gasteiger partial charge in [0.25, 0.3) is 5.56 Å². The number of thiophene rings is 1. The molecule has 7 heteroatoms. The number of nitrogens with zero attached hydrogens (tertiary/aromatic N) is 3. The predicted molar refractivity (Wildman–Crippen MR) is 93.4 cm³/mol. The number of fused-ring (bicyclic) bond motifs is 3. The van der Waals surface area contributed by atoms with Crippen LogP contribution in [0.5, 0.6) is 0 Å². The Bertz CT molecular complexity index is 977. The summed E-state index contributed by atoms with van der Waals surface area (Å²) in [6.07, 6.45) is 2.94. The monoisotopic (exact) mass is 363 g/mol. The molecule has 124 valence electrons. The average molecular weight is 364 g/mol. The van der Waals surface area contributed by atoms with Crippen molar-refractivity contribution in [3.05, 3.63) is 55.4 Å². The lowest BCUT2D eigenvalue weighted by molar-refractivity contribution is 0.508. The summed E-state index contributed by atoms with van der Waals surface area (Å²) in [7, 11) is 0. The van der Waals surface area contributed by atoms with Gasteiger partial charge in [0.2, 0.25) is 0 Å². The standard InChI is InChI=1S/C17H15ClFN3OS/c1-9-5-6-10-14(7-9)24-16-15(10)17(23)22(21-20-16)8-11-12(18)3-2-4-13(11)19/h2-4,9H,5-8H2,1H3/t9-/m1/s1. The van der Waals surface area contributed by atoms with Gasteiger partial charge in [0, 0.05) is 15.5 Å². The summed E-state index contributed by atoms with van der Waals surface area (Å²) in [5, 5.41) is 9.10. The lowest BCUT2D eigenvalue weighted by Gasteiger charge is -2.17. The summed E-state index contributed by atoms with van der Waals surface area (Å²) >= 11 is 7.61. The van der Waals surface area contributed by atoms with Gasteiger partial charge in [-0.1, -0.05) is 29.8 Å². The first kappa shape index (κ1) is 15.7. The molecule has 0 aliphatic heterocycles. The summed E-state index contributed by atoms with van der Waals surface area (Å²) in [6, 6.07) is 4.46. The second-order valence-electron chi connectivity index (χ2n) is 6.28. The van der Waals surface area contributed by atoms with E-state index in [-0.39, 0.29) is 22.7 Å². The third-order valence-corrected chi connectivity index (χ3v) is 6.05. The number of hydrogen-bond donors (Lipinski definition) is 0. The Morgan fingerprint density at radius 1 is 1.46 bits per heavy atom. The second kappa shape index (κ2) is 5.93. The van der Waals surface area contributed by atoms with Crippen molar-refractivity contribution in [1.82, 2.24) is 15.0 Å². The Hall–Kier alpha value is -1.79. The van der Waals surface area contributed by atoms with E-state index in [1.807, 2.05) is 0 Å². The van der Waals surface area contributed by atoms with E-state index in [1.165, 1.54) is 21.7 Å². The minimum Gasteiger partial charge on any atom is -0.267 e. The van der Waals surface area contributed by atoms with Gasteiger partial charge in [0.15, 0.2) is 4.83 Å². The summed E-state index contributed by atoms with van der Waals surface area (Å²) in [5.41, 5.74) is 1.14. The van der Waals surface area contributed by atoms with Crippen LogP contribution in [0.3, 0.4) is 0 Å². The third kappa shape index (κ3) is 2.54. The van der Waals surface area contributed by atoms with E-state index in [0.29, 0.717) is 16.1 Å². The maximum atomic E-state index is 14.0. The van der Waals surface area contributed by atoms with Gasteiger partial charge in [-0.25, -0.2) is 9.07 Å². The quantitative estimate of drug-likeness (QED) is 0.695. The largest absolute Gasteiger partial charge is 0.279 e. The maximum absolute atomic E-state index is 14.0. The van der Waals surface area contributed by atoms with Gasteiger partial charge < -0.3 is 0 Å². The fourth-order valence-corrected chi connectivity index (χ4v) is 4.77. The fourth-order valence-electron chi connectivity index (χ4n) is 3.23. The van der Waals surface area contributed by atoms with Gasteiger partial charge >= 0.3 is 0 Å². The summed E-state index contributed by atoms with van der Waals surface area (Å²) < 4.78 is 15.2. The Labute approximate surface area is 146 Å². The first-order valence-corrected chi connectivity index (χ1v) is 9.05. The highest BCUT2D eigenvalue weighted by molar-refractivity contribution is 7.18. The number of halogens is 2. The van der Waals surface area contributed by atoms with Crippen molar-refractivity contribution in [1.29, 1.82) is 0 Å². The lowest BCUT2D eigenvalue weighted by Crippen LogP contribution is -2.25. The van der Waals surface area contributed by atoms with Crippen LogP contribution in [0.15, 0.2) is 23.0 Å². The number of benzene rings is 1. The molecule has 0 amide bonds. The molecular formula is C17H15ClFN3OS. The Morgan fingerprint density at radius 2 is 2.29 bits per heavy atom. The highest BCUT2D eigenvalue weighted by atomic mass is 35.5. The van der Waals surface area contributed by atoms with E-state index in [9.17, 15) is 9.18 Å². The topological polar surface area (TPSA) is 47.8 Å². The van der Waals surface area contributed by atoms with Crippen LogP contribution in [-0.4, -0.2) is 15.0 Å². The molecule has 0 N–H and O–H groups in total. The Kier molecular flexibility index (Phi) is 3.89. The van der Waals surface area contributed by atoms with Gasteiger partial charge in [-0.15, -0.1) is 16.4 Å². The minimum atomic E-state index is -0.447. The molecule has 4 nitrogen and oxygen atoms in total. The molecule has 0 fully saturated rings. The van der Waals surface area contributed by atoms with Crippen LogP contribution in [0.4, 0.5) is 4.39 Å². The molecule has 1 aliphatic carbocycles. The molecule has 0 bridgehead atoms. The molecule has 0 spiro atoms. The summed E-state index contributed by atoms with van der Waals surface area (Å²) in [6.45, 7) is 2.20. The first-order valence-electron chi connectivity index (χ1n) is 7.85. The number of hydrogen-bond acceptors (Lipinski definition) is 4. The van der Waals surface area contributed by atoms with Crippen LogP contribution in [0.2, 0.25) is 5.02 Å². The van der Waals surface area contributed by atoms with Crippen molar-refractivity contribution in [3.8, 4) is 0 Å². The molecular weight excluding hydrogens is 349 g/mol. The molecule has 24 heavy (non-hydrogen) atoms. The summed E-state index contributed by atoms with van der Waals surface area (Å²) in [4.78, 5) is 14.8. The van der Waals surface area contributed by atoms with Crippen LogP contribution in [0.1, 0.15) is 29.3 Å². The highest BCUT2D eigenvalue weighted by Gasteiger charge is 2.24. The molecule has 1 aliphatic rings. The molecule has 1 aromatic carbocycles. The molecule has 0 unspecified atom stereocenters. The van der Waals surface area contributed by atoms with E-state index in [2.05, 4.69) is 17.2 Å². The average Bonchev–Trinajstić information content (AvgIpc) is 2.91. The molecule has 4 rings (SSSR count). The number of aromatic nitrogens is 3. The Balaban J connectivity index is 1.83. The van der Waals surface area contributed by atoms with Crippen LogP contribution in [0.25, 0.3) is 10.2 Å². The van der Waals surface area contributed by atoms with Crippen molar-refractivity contribution >= 4 is 33.2 Å². The molecule has 2 aromatic heterocycles. The zero-order valence-corrected chi connectivity index (χ0v) is 14.6. The van der Waals surface area contributed by atoms with Crippen molar-refractivity contribution in [2.75, 3.05) is 0 Å². The lowest BCUT2D eigenvalue weighted by atomic mass is 9.89. The van der Waals surface area contributed by atoms with E-state index in [0.717, 1.165) is 24.8 Å². The van der Waals surface area contributed by atoms with Gasteiger partial charge in [-0.2, -0.15) is 0 Å². The molecule has 2 heterocycles. The number of rotatable bonds is 2. The number of aryl methyl sites for hydroxylation is 1. The highest BCUT2D eigenvalue weighted by Crippen LogP contribution is 2.35. The van der Waals surface area contributed by atoms with E-state index >= 15 is 0 Å². The minimum absolute atomic E-state index is 0.0195. The SMILES string of the molecule is C[C@@H]1CCc2c(sc3nnn(Cc4c(F)cccc4Cl)c(=O)c23)C1. The van der Waals surface area contributed by atoms with E-state index in [1.54, 1.807) is 17.4 Å². The summed E-state index contributed by atoms with van der Waals surface area (Å²) in [5.74, 6) is 0.176. The van der Waals surface area contributed by atoms with Crippen LogP contribution < -0.4 is 5.56 Å². The Morgan fingerprint density at radius 3 is 3.08 bits per heavy atom. The zero-order chi connectivity index (χ0) is 16.8. The van der Waals surface area contributed by atoms with Crippen molar-refractivity contribution in [2.45, 2.75) is 32.7 Å². The second-order valence-corrected chi connectivity index (χ2v) is 7.78. The molecule has 0 radical (unpaired) electrons. The van der Waals surface area contributed by atoms with E-state index < -0.39 is 5.82 Å². The van der Waals surface area contributed by atoms with Crippen molar-refractivity contribution in [3.63, 3.8) is 0 Å². The van der Waals surface area contributed by atoms with Gasteiger partial charge in [0.1, 0.15) is 5.82 Å². The maximum Gasteiger partial charge on any atom is 0.279 e. The fraction of sp³-hybridized carbons (Fsp3) is 0.353. The molecule has 0 saturated carbocycles. The smallest absolute Gasteiger partial charge is 0.267 e. The first-order chi connectivity index (χ1) is 11.5.